The van der Waals surface area contributed by atoms with Crippen molar-refractivity contribution < 1.29 is 18.9 Å². The summed E-state index contributed by atoms with van der Waals surface area (Å²) in [5.41, 5.74) is 1.26. The molecule has 1 spiro atoms. The number of fused-ring (bicyclic) bond motifs is 1. The van der Waals surface area contributed by atoms with Gasteiger partial charge in [-0.15, -0.1) is 0 Å². The van der Waals surface area contributed by atoms with Gasteiger partial charge >= 0.3 is 0 Å². The molecule has 6 heteroatoms. The molecule has 1 aromatic carbocycles. The number of rotatable bonds is 7. The fourth-order valence-electron chi connectivity index (χ4n) is 5.56. The van der Waals surface area contributed by atoms with E-state index in [1.165, 1.54) is 18.4 Å². The second-order valence-electron chi connectivity index (χ2n) is 8.50. The maximum absolute atomic E-state index is 6.55. The van der Waals surface area contributed by atoms with Crippen molar-refractivity contribution in [3.8, 4) is 17.2 Å². The Morgan fingerprint density at radius 3 is 2.44 bits per heavy atom. The van der Waals surface area contributed by atoms with Gasteiger partial charge in [-0.2, -0.15) is 0 Å². The third-order valence-electron chi connectivity index (χ3n) is 6.56. The van der Waals surface area contributed by atoms with Gasteiger partial charge in [0.2, 0.25) is 5.75 Å². The Labute approximate surface area is 162 Å². The van der Waals surface area contributed by atoms with E-state index >= 15 is 0 Å². The van der Waals surface area contributed by atoms with Crippen LogP contribution in [0.2, 0.25) is 0 Å². The van der Waals surface area contributed by atoms with Crippen LogP contribution >= 0.6 is 0 Å². The Morgan fingerprint density at radius 2 is 1.85 bits per heavy atom. The van der Waals surface area contributed by atoms with Crippen molar-refractivity contribution in [1.82, 2.24) is 9.80 Å². The number of hydrogen-bond donors (Lipinski definition) is 0. The Bertz CT molecular complexity index is 670. The topological polar surface area (TPSA) is 43.4 Å². The lowest BCUT2D eigenvalue weighted by molar-refractivity contribution is 0.00144. The van der Waals surface area contributed by atoms with Gasteiger partial charge in [0.15, 0.2) is 11.5 Å². The first-order valence-corrected chi connectivity index (χ1v) is 9.83. The summed E-state index contributed by atoms with van der Waals surface area (Å²) in [5, 5.41) is 0. The Balaban J connectivity index is 1.52. The van der Waals surface area contributed by atoms with Crippen molar-refractivity contribution in [1.29, 1.82) is 0 Å². The zero-order chi connectivity index (χ0) is 19.2. The lowest BCUT2D eigenvalue weighted by atomic mass is 9.73. The van der Waals surface area contributed by atoms with Gasteiger partial charge in [0.1, 0.15) is 0 Å². The lowest BCUT2D eigenvalue weighted by Crippen LogP contribution is -2.40. The predicted octanol–water partition coefficient (Wildman–Crippen LogP) is 2.25. The first kappa shape index (κ1) is 18.8. The summed E-state index contributed by atoms with van der Waals surface area (Å²) in [6, 6.07) is 4.12. The van der Waals surface area contributed by atoms with Crippen LogP contribution in [0.1, 0.15) is 18.4 Å². The van der Waals surface area contributed by atoms with Crippen molar-refractivity contribution >= 4 is 0 Å². The van der Waals surface area contributed by atoms with E-state index in [2.05, 4.69) is 36.0 Å². The van der Waals surface area contributed by atoms with Crippen molar-refractivity contribution in [3.05, 3.63) is 17.7 Å². The zero-order valence-electron chi connectivity index (χ0n) is 17.2. The van der Waals surface area contributed by atoms with Crippen molar-refractivity contribution in [2.45, 2.75) is 31.1 Å². The highest BCUT2D eigenvalue weighted by molar-refractivity contribution is 5.53. The van der Waals surface area contributed by atoms with Gasteiger partial charge in [-0.3, -0.25) is 4.90 Å². The van der Waals surface area contributed by atoms with E-state index in [0.717, 1.165) is 26.2 Å². The number of hydrogen-bond acceptors (Lipinski definition) is 6. The van der Waals surface area contributed by atoms with Crippen LogP contribution in [0.5, 0.6) is 17.2 Å². The van der Waals surface area contributed by atoms with Crippen LogP contribution < -0.4 is 14.2 Å². The maximum Gasteiger partial charge on any atom is 0.203 e. The smallest absolute Gasteiger partial charge is 0.203 e. The molecule has 4 rings (SSSR count). The van der Waals surface area contributed by atoms with Gasteiger partial charge in [-0.1, -0.05) is 0 Å². The van der Waals surface area contributed by atoms with E-state index < -0.39 is 0 Å². The summed E-state index contributed by atoms with van der Waals surface area (Å²) in [7, 11) is 9.31. The Hall–Kier alpha value is -1.50. The molecule has 3 aliphatic heterocycles. The van der Waals surface area contributed by atoms with Crippen molar-refractivity contribution in [2.75, 3.05) is 55.1 Å². The summed E-state index contributed by atoms with van der Waals surface area (Å²) in [5.74, 6) is 3.37. The third-order valence-corrected chi connectivity index (χ3v) is 6.56. The summed E-state index contributed by atoms with van der Waals surface area (Å²) >= 11 is 0. The van der Waals surface area contributed by atoms with Gasteiger partial charge in [-0.05, 0) is 44.6 Å². The molecule has 0 saturated carbocycles. The number of benzene rings is 1. The van der Waals surface area contributed by atoms with E-state index in [1.807, 2.05) is 0 Å². The van der Waals surface area contributed by atoms with Gasteiger partial charge < -0.3 is 23.8 Å². The van der Waals surface area contributed by atoms with E-state index in [-0.39, 0.29) is 5.60 Å². The van der Waals surface area contributed by atoms with Gasteiger partial charge in [0, 0.05) is 38.0 Å². The lowest BCUT2D eigenvalue weighted by Gasteiger charge is -2.31. The van der Waals surface area contributed by atoms with E-state index in [1.54, 1.807) is 21.3 Å². The normalized spacial score (nSPS) is 32.1. The molecule has 27 heavy (non-hydrogen) atoms. The standard InChI is InChI=1S/C21H32N2O4/c1-22(2)11-15-16-12-23(13-21(16)7-6-17(15)27-21)10-14-8-18(24-3)20(26-5)19(9-14)25-4/h8-9,15-17H,6-7,10-13H2,1-5H3/t15-,16+,17+,21+/m0/s1. The zero-order valence-corrected chi connectivity index (χ0v) is 17.2. The van der Waals surface area contributed by atoms with Gasteiger partial charge in [0.05, 0.1) is 33.0 Å². The monoisotopic (exact) mass is 376 g/mol. The minimum absolute atomic E-state index is 0.0754. The quantitative estimate of drug-likeness (QED) is 0.727. The van der Waals surface area contributed by atoms with E-state index in [4.69, 9.17) is 18.9 Å². The van der Waals surface area contributed by atoms with Gasteiger partial charge in [0.25, 0.3) is 0 Å². The van der Waals surface area contributed by atoms with Crippen molar-refractivity contribution in [2.24, 2.45) is 11.8 Å². The molecule has 0 amide bonds. The van der Waals surface area contributed by atoms with Gasteiger partial charge in [-0.25, -0.2) is 0 Å². The molecule has 6 nitrogen and oxygen atoms in total. The van der Waals surface area contributed by atoms with Crippen LogP contribution in [0.15, 0.2) is 12.1 Å². The Kier molecular flexibility index (Phi) is 4.99. The van der Waals surface area contributed by atoms with Crippen LogP contribution in [-0.4, -0.2) is 76.6 Å². The molecule has 4 atom stereocenters. The first-order valence-electron chi connectivity index (χ1n) is 9.83. The molecule has 3 heterocycles. The summed E-state index contributed by atoms with van der Waals surface area (Å²) < 4.78 is 23.0. The van der Waals surface area contributed by atoms with Crippen LogP contribution in [0.4, 0.5) is 0 Å². The maximum atomic E-state index is 6.55. The number of ether oxygens (including phenoxy) is 4. The summed E-state index contributed by atoms with van der Waals surface area (Å²) in [6.07, 6.45) is 2.88. The second kappa shape index (κ2) is 7.15. The molecule has 2 bridgehead atoms. The first-order chi connectivity index (χ1) is 13.0. The highest BCUT2D eigenvalue weighted by Gasteiger charge is 2.62. The third kappa shape index (κ3) is 3.18. The highest BCUT2D eigenvalue weighted by atomic mass is 16.5. The fourth-order valence-corrected chi connectivity index (χ4v) is 5.56. The highest BCUT2D eigenvalue weighted by Crippen LogP contribution is 2.55. The molecular formula is C21H32N2O4. The molecule has 1 aromatic rings. The molecule has 3 fully saturated rings. The fraction of sp³-hybridized carbons (Fsp3) is 0.714. The second-order valence-corrected chi connectivity index (χ2v) is 8.50. The van der Waals surface area contributed by atoms with E-state index in [9.17, 15) is 0 Å². The summed E-state index contributed by atoms with van der Waals surface area (Å²) in [6.45, 7) is 4.12. The van der Waals surface area contributed by atoms with Crippen LogP contribution in [0.25, 0.3) is 0 Å². The predicted molar refractivity (Wildman–Crippen MR) is 104 cm³/mol. The molecular weight excluding hydrogens is 344 g/mol. The minimum atomic E-state index is 0.0754. The molecule has 150 valence electrons. The number of methoxy groups -OCH3 is 3. The molecule has 3 saturated heterocycles. The largest absolute Gasteiger partial charge is 0.493 e. The molecule has 0 N–H and O–H groups in total. The number of likely N-dealkylation sites (tertiary alicyclic amines) is 1. The van der Waals surface area contributed by atoms with Crippen LogP contribution in [-0.2, 0) is 11.3 Å². The van der Waals surface area contributed by atoms with E-state index in [0.29, 0.717) is 35.2 Å². The van der Waals surface area contributed by atoms with Crippen LogP contribution in [0, 0.1) is 11.8 Å². The molecule has 0 aromatic heterocycles. The minimum Gasteiger partial charge on any atom is -0.493 e. The molecule has 0 aliphatic carbocycles. The molecule has 0 radical (unpaired) electrons. The number of nitrogens with zero attached hydrogens (tertiary/aromatic N) is 2. The SMILES string of the molecule is COc1cc(CN2C[C@@H]3[C@H](CN(C)C)[C@H]4CC[C@]3(C2)O4)cc(OC)c1OC. The van der Waals surface area contributed by atoms with Crippen LogP contribution in [0.3, 0.4) is 0 Å². The average molecular weight is 376 g/mol. The molecule has 0 unspecified atom stereocenters. The molecule has 3 aliphatic rings. The average Bonchev–Trinajstić information content (AvgIpc) is 3.29. The summed E-state index contributed by atoms with van der Waals surface area (Å²) in [4.78, 5) is 4.85. The Morgan fingerprint density at radius 1 is 1.15 bits per heavy atom. The van der Waals surface area contributed by atoms with Crippen molar-refractivity contribution in [3.63, 3.8) is 0 Å².